The van der Waals surface area contributed by atoms with Crippen molar-refractivity contribution in [2.75, 3.05) is 0 Å². The second-order valence-electron chi connectivity index (χ2n) is 5.65. The first-order valence-electron chi connectivity index (χ1n) is 7.48. The average molecular weight is 356 g/mol. The Morgan fingerprint density at radius 3 is 2.88 bits per heavy atom. The number of fused-ring (bicyclic) bond motifs is 3. The minimum absolute atomic E-state index is 0.0948. The van der Waals surface area contributed by atoms with E-state index in [0.717, 1.165) is 0 Å². The maximum atomic E-state index is 13.5. The molecule has 2 heterocycles. The minimum atomic E-state index is -0.402. The number of ketones is 1. The fraction of sp³-hybridized carbons (Fsp3) is 0.0526. The Morgan fingerprint density at radius 1 is 1.20 bits per heavy atom. The van der Waals surface area contributed by atoms with E-state index < -0.39 is 5.78 Å². The van der Waals surface area contributed by atoms with Crippen molar-refractivity contribution in [3.63, 3.8) is 0 Å². The number of phenols is 1. The van der Waals surface area contributed by atoms with Gasteiger partial charge in [-0.1, -0.05) is 11.6 Å². The van der Waals surface area contributed by atoms with Crippen LogP contribution in [0.2, 0.25) is 5.02 Å². The maximum Gasteiger partial charge on any atom is 0.198 e. The second kappa shape index (κ2) is 5.86. The summed E-state index contributed by atoms with van der Waals surface area (Å²) in [7, 11) is 0. The van der Waals surface area contributed by atoms with Crippen LogP contribution in [0.5, 0.6) is 11.5 Å². The molecule has 0 unspecified atom stereocenters. The number of hydrogen-bond acceptors (Lipinski definition) is 4. The van der Waals surface area contributed by atoms with Crippen LogP contribution >= 0.6 is 11.6 Å². The lowest BCUT2D eigenvalue weighted by molar-refractivity contribution is 0.103. The van der Waals surface area contributed by atoms with Crippen LogP contribution in [0.1, 0.15) is 21.5 Å². The van der Waals surface area contributed by atoms with Crippen LogP contribution in [0.15, 0.2) is 48.7 Å². The van der Waals surface area contributed by atoms with Crippen molar-refractivity contribution in [2.45, 2.75) is 6.61 Å². The van der Waals surface area contributed by atoms with Gasteiger partial charge in [0.05, 0.1) is 11.3 Å². The largest absolute Gasteiger partial charge is 0.507 e. The zero-order valence-electron chi connectivity index (χ0n) is 12.8. The Morgan fingerprint density at radius 2 is 2.04 bits per heavy atom. The van der Waals surface area contributed by atoms with Crippen molar-refractivity contribution in [1.29, 1.82) is 0 Å². The third-order valence-corrected chi connectivity index (χ3v) is 4.25. The van der Waals surface area contributed by atoms with E-state index in [2.05, 4.69) is 4.98 Å². The Kier molecular flexibility index (Phi) is 3.66. The molecule has 0 bridgehead atoms. The minimum Gasteiger partial charge on any atom is -0.507 e. The van der Waals surface area contributed by atoms with E-state index in [4.69, 9.17) is 16.3 Å². The van der Waals surface area contributed by atoms with Gasteiger partial charge in [-0.15, -0.1) is 0 Å². The lowest BCUT2D eigenvalue weighted by Crippen LogP contribution is -2.10. The zero-order valence-corrected chi connectivity index (χ0v) is 13.5. The van der Waals surface area contributed by atoms with E-state index >= 15 is 0 Å². The SMILES string of the molecule is O=C(c1cnc2c(c1)COc1ccc(F)cc1-2)c1cc(Cl)ccc1O. The van der Waals surface area contributed by atoms with Crippen LogP contribution in [0.3, 0.4) is 0 Å². The van der Waals surface area contributed by atoms with Crippen LogP contribution < -0.4 is 4.74 Å². The quantitative estimate of drug-likeness (QED) is 0.693. The van der Waals surface area contributed by atoms with Gasteiger partial charge in [0.15, 0.2) is 5.78 Å². The predicted molar refractivity (Wildman–Crippen MR) is 90.5 cm³/mol. The van der Waals surface area contributed by atoms with Gasteiger partial charge in [0, 0.05) is 27.9 Å². The first kappa shape index (κ1) is 15.6. The highest BCUT2D eigenvalue weighted by molar-refractivity contribution is 6.31. The molecule has 1 aromatic heterocycles. The molecule has 0 fully saturated rings. The molecule has 0 saturated heterocycles. The zero-order chi connectivity index (χ0) is 17.6. The number of aromatic hydroxyl groups is 1. The molecule has 124 valence electrons. The molecule has 0 aliphatic carbocycles. The number of pyridine rings is 1. The van der Waals surface area contributed by atoms with E-state index in [-0.39, 0.29) is 23.7 Å². The van der Waals surface area contributed by atoms with Gasteiger partial charge >= 0.3 is 0 Å². The van der Waals surface area contributed by atoms with Crippen molar-refractivity contribution < 1.29 is 19.0 Å². The molecule has 25 heavy (non-hydrogen) atoms. The third kappa shape index (κ3) is 2.72. The van der Waals surface area contributed by atoms with E-state index in [1.54, 1.807) is 12.1 Å². The molecule has 4 nitrogen and oxygen atoms in total. The summed E-state index contributed by atoms with van der Waals surface area (Å²) in [6.07, 6.45) is 1.40. The Labute approximate surface area is 147 Å². The fourth-order valence-corrected chi connectivity index (χ4v) is 2.97. The fourth-order valence-electron chi connectivity index (χ4n) is 2.80. The van der Waals surface area contributed by atoms with Gasteiger partial charge in [0.2, 0.25) is 0 Å². The van der Waals surface area contributed by atoms with Gasteiger partial charge in [-0.25, -0.2) is 4.39 Å². The highest BCUT2D eigenvalue weighted by atomic mass is 35.5. The van der Waals surface area contributed by atoms with Gasteiger partial charge in [-0.3, -0.25) is 9.78 Å². The van der Waals surface area contributed by atoms with E-state index in [9.17, 15) is 14.3 Å². The van der Waals surface area contributed by atoms with Crippen molar-refractivity contribution in [3.05, 3.63) is 76.2 Å². The number of phenolic OH excluding ortho intramolecular Hbond substituents is 1. The highest BCUT2D eigenvalue weighted by Gasteiger charge is 2.22. The van der Waals surface area contributed by atoms with Crippen LogP contribution in [-0.4, -0.2) is 15.9 Å². The predicted octanol–water partition coefficient (Wildman–Crippen LogP) is 4.37. The summed E-state index contributed by atoms with van der Waals surface area (Å²) in [6, 6.07) is 10.1. The molecule has 4 rings (SSSR count). The van der Waals surface area contributed by atoms with E-state index in [0.29, 0.717) is 33.2 Å². The monoisotopic (exact) mass is 355 g/mol. The lowest BCUT2D eigenvalue weighted by Gasteiger charge is -2.20. The summed E-state index contributed by atoms with van der Waals surface area (Å²) in [5, 5.41) is 10.2. The summed E-state index contributed by atoms with van der Waals surface area (Å²) in [4.78, 5) is 17.0. The summed E-state index contributed by atoms with van der Waals surface area (Å²) in [6.45, 7) is 0.226. The van der Waals surface area contributed by atoms with E-state index in [1.807, 2.05) is 0 Å². The number of rotatable bonds is 2. The highest BCUT2D eigenvalue weighted by Crippen LogP contribution is 2.37. The standard InChI is InChI=1S/C19H11ClFNO3/c20-12-1-3-16(23)14(6-12)19(24)10-5-11-9-25-17-4-2-13(21)7-15(17)18(11)22-8-10/h1-8,23H,9H2. The molecular formula is C19H11ClFNO3. The van der Waals surface area contributed by atoms with Crippen molar-refractivity contribution in [2.24, 2.45) is 0 Å². The number of benzene rings is 2. The van der Waals surface area contributed by atoms with Crippen LogP contribution in [0, 0.1) is 5.82 Å². The Bertz CT molecular complexity index is 1020. The number of nitrogens with zero attached hydrogens (tertiary/aromatic N) is 1. The number of aromatic nitrogens is 1. The number of carbonyl (C=O) groups is 1. The molecule has 0 amide bonds. The van der Waals surface area contributed by atoms with Gasteiger partial charge in [-0.05, 0) is 42.5 Å². The van der Waals surface area contributed by atoms with Gasteiger partial charge in [0.1, 0.15) is 23.9 Å². The summed E-state index contributed by atoms with van der Waals surface area (Å²) >= 11 is 5.90. The van der Waals surface area contributed by atoms with E-state index in [1.165, 1.54) is 36.5 Å². The number of carbonyl (C=O) groups excluding carboxylic acids is 1. The molecule has 2 aromatic carbocycles. The number of hydrogen-bond donors (Lipinski definition) is 1. The lowest BCUT2D eigenvalue weighted by atomic mass is 9.98. The molecule has 1 aliphatic rings. The topological polar surface area (TPSA) is 59.4 Å². The van der Waals surface area contributed by atoms with Crippen LogP contribution in [0.25, 0.3) is 11.3 Å². The van der Waals surface area contributed by atoms with Gasteiger partial charge < -0.3 is 9.84 Å². The Balaban J connectivity index is 1.78. The normalized spacial score (nSPS) is 12.1. The molecule has 1 N–H and O–H groups in total. The van der Waals surface area contributed by atoms with Crippen LogP contribution in [0.4, 0.5) is 4.39 Å². The Hall–Kier alpha value is -2.92. The molecular weight excluding hydrogens is 345 g/mol. The summed E-state index contributed by atoms with van der Waals surface area (Å²) in [5.74, 6) is -0.398. The van der Waals surface area contributed by atoms with Crippen molar-refractivity contribution in [1.82, 2.24) is 4.98 Å². The number of halogens is 2. The molecule has 6 heteroatoms. The molecule has 3 aromatic rings. The average Bonchev–Trinajstić information content (AvgIpc) is 2.62. The first-order valence-corrected chi connectivity index (χ1v) is 7.85. The summed E-state index contributed by atoms with van der Waals surface area (Å²) in [5.41, 5.74) is 2.18. The molecule has 1 aliphatic heterocycles. The van der Waals surface area contributed by atoms with Crippen molar-refractivity contribution in [3.8, 4) is 22.8 Å². The second-order valence-corrected chi connectivity index (χ2v) is 6.09. The number of ether oxygens (including phenoxy) is 1. The smallest absolute Gasteiger partial charge is 0.198 e. The molecule has 0 atom stereocenters. The maximum absolute atomic E-state index is 13.5. The summed E-state index contributed by atoms with van der Waals surface area (Å²) < 4.78 is 19.1. The first-order chi connectivity index (χ1) is 12.0. The third-order valence-electron chi connectivity index (χ3n) is 4.01. The van der Waals surface area contributed by atoms with Crippen molar-refractivity contribution >= 4 is 17.4 Å². The molecule has 0 saturated carbocycles. The van der Waals surface area contributed by atoms with Gasteiger partial charge in [0.25, 0.3) is 0 Å². The van der Waals surface area contributed by atoms with Gasteiger partial charge in [-0.2, -0.15) is 0 Å². The molecule has 0 spiro atoms. The van der Waals surface area contributed by atoms with Crippen LogP contribution in [-0.2, 0) is 6.61 Å². The molecule has 0 radical (unpaired) electrons.